The Morgan fingerprint density at radius 3 is 2.79 bits per heavy atom. The molecule has 1 unspecified atom stereocenters. The molecule has 2 aromatic rings. The third kappa shape index (κ3) is 3.18. The molecule has 1 N–H and O–H groups in total. The number of ether oxygens (including phenoxy) is 3. The Hall–Kier alpha value is -2.24. The van der Waals surface area contributed by atoms with Gasteiger partial charge in [-0.1, -0.05) is 18.2 Å². The molecular weight excluding hydrogens is 306 g/mol. The van der Waals surface area contributed by atoms with Crippen molar-refractivity contribution in [2.24, 2.45) is 0 Å². The summed E-state index contributed by atoms with van der Waals surface area (Å²) in [4.78, 5) is 2.31. The third-order valence-corrected chi connectivity index (χ3v) is 4.40. The van der Waals surface area contributed by atoms with Gasteiger partial charge in [0.2, 0.25) is 0 Å². The monoisotopic (exact) mass is 327 g/mol. The van der Waals surface area contributed by atoms with Crippen LogP contribution in [0.2, 0.25) is 0 Å². The van der Waals surface area contributed by atoms with E-state index < -0.39 is 0 Å². The fourth-order valence-corrected chi connectivity index (χ4v) is 3.20. The maximum Gasteiger partial charge on any atom is 0.161 e. The Labute approximate surface area is 141 Å². The lowest BCUT2D eigenvalue weighted by atomic mass is 10.1. The van der Waals surface area contributed by atoms with Crippen LogP contribution in [0.4, 0.5) is 0 Å². The summed E-state index contributed by atoms with van der Waals surface area (Å²) in [5.74, 6) is 2.52. The number of aliphatic hydroxyl groups is 1. The number of nitrogens with zero attached hydrogens (tertiary/aromatic N) is 1. The molecule has 5 nitrogen and oxygen atoms in total. The molecule has 0 radical (unpaired) electrons. The second kappa shape index (κ2) is 6.71. The molecule has 4 rings (SSSR count). The summed E-state index contributed by atoms with van der Waals surface area (Å²) in [5, 5.41) is 9.34. The van der Waals surface area contributed by atoms with E-state index in [0.29, 0.717) is 13.2 Å². The summed E-state index contributed by atoms with van der Waals surface area (Å²) in [7, 11) is 0. The van der Waals surface area contributed by atoms with Crippen molar-refractivity contribution < 1.29 is 19.3 Å². The van der Waals surface area contributed by atoms with Crippen molar-refractivity contribution in [1.82, 2.24) is 4.90 Å². The minimum absolute atomic E-state index is 0.00229. The van der Waals surface area contributed by atoms with Crippen LogP contribution in [0.15, 0.2) is 42.5 Å². The van der Waals surface area contributed by atoms with Crippen LogP contribution in [0.3, 0.4) is 0 Å². The number of benzene rings is 2. The average molecular weight is 327 g/mol. The molecule has 2 aliphatic rings. The van der Waals surface area contributed by atoms with Gasteiger partial charge in [-0.05, 0) is 29.8 Å². The Balaban J connectivity index is 1.45. The summed E-state index contributed by atoms with van der Waals surface area (Å²) >= 11 is 0. The van der Waals surface area contributed by atoms with Gasteiger partial charge in [0.05, 0.1) is 6.61 Å². The molecule has 5 heteroatoms. The Morgan fingerprint density at radius 1 is 1.04 bits per heavy atom. The minimum Gasteiger partial charge on any atom is -0.492 e. The largest absolute Gasteiger partial charge is 0.492 e. The average Bonchev–Trinajstić information content (AvgIpc) is 2.82. The fourth-order valence-electron chi connectivity index (χ4n) is 3.20. The zero-order valence-electron chi connectivity index (χ0n) is 13.5. The summed E-state index contributed by atoms with van der Waals surface area (Å²) in [5.41, 5.74) is 2.02. The Kier molecular flexibility index (Phi) is 4.28. The highest BCUT2D eigenvalue weighted by molar-refractivity contribution is 5.41. The normalized spacial score (nSPS) is 20.0. The molecule has 0 aliphatic carbocycles. The van der Waals surface area contributed by atoms with Crippen molar-refractivity contribution >= 4 is 0 Å². The molecule has 126 valence electrons. The van der Waals surface area contributed by atoms with Gasteiger partial charge in [0.15, 0.2) is 11.5 Å². The lowest BCUT2D eigenvalue weighted by Crippen LogP contribution is -2.41. The molecule has 0 fully saturated rings. The van der Waals surface area contributed by atoms with Gasteiger partial charge in [-0.15, -0.1) is 0 Å². The number of fused-ring (bicyclic) bond motifs is 2. The number of hydrogen-bond donors (Lipinski definition) is 1. The molecule has 0 aromatic heterocycles. The summed E-state index contributed by atoms with van der Waals surface area (Å²) < 4.78 is 17.7. The zero-order valence-corrected chi connectivity index (χ0v) is 13.5. The highest BCUT2D eigenvalue weighted by Gasteiger charge is 2.25. The van der Waals surface area contributed by atoms with Gasteiger partial charge >= 0.3 is 0 Å². The zero-order chi connectivity index (χ0) is 16.4. The van der Waals surface area contributed by atoms with Gasteiger partial charge in [-0.25, -0.2) is 0 Å². The van der Waals surface area contributed by atoms with Gasteiger partial charge in [0.25, 0.3) is 0 Å². The van der Waals surface area contributed by atoms with Crippen LogP contribution in [0.25, 0.3) is 0 Å². The van der Waals surface area contributed by atoms with E-state index in [1.54, 1.807) is 0 Å². The van der Waals surface area contributed by atoms with Crippen molar-refractivity contribution in [2.75, 3.05) is 26.3 Å². The van der Waals surface area contributed by atoms with E-state index in [1.807, 2.05) is 42.5 Å². The Bertz CT molecular complexity index is 718. The maximum absolute atomic E-state index is 9.34. The smallest absolute Gasteiger partial charge is 0.161 e. The Morgan fingerprint density at radius 2 is 1.92 bits per heavy atom. The van der Waals surface area contributed by atoms with Crippen LogP contribution in [0, 0.1) is 0 Å². The van der Waals surface area contributed by atoms with Crippen molar-refractivity contribution in [1.29, 1.82) is 0 Å². The predicted octanol–water partition coefficient (Wildman–Crippen LogP) is 2.21. The van der Waals surface area contributed by atoms with Gasteiger partial charge in [0.1, 0.15) is 25.1 Å². The van der Waals surface area contributed by atoms with Crippen LogP contribution in [-0.4, -0.2) is 42.4 Å². The number of para-hydroxylation sites is 2. The van der Waals surface area contributed by atoms with Gasteiger partial charge < -0.3 is 19.3 Å². The second-order valence-electron chi connectivity index (χ2n) is 6.18. The molecule has 2 aliphatic heterocycles. The van der Waals surface area contributed by atoms with Gasteiger partial charge in [0, 0.05) is 25.2 Å². The number of aliphatic hydroxyl groups excluding tert-OH is 1. The van der Waals surface area contributed by atoms with Crippen LogP contribution in [-0.2, 0) is 13.2 Å². The first-order chi connectivity index (χ1) is 11.8. The molecule has 2 heterocycles. The fraction of sp³-hybridized carbons (Fsp3) is 0.368. The lowest BCUT2D eigenvalue weighted by Gasteiger charge is -2.30. The van der Waals surface area contributed by atoms with E-state index in [0.717, 1.165) is 48.0 Å². The molecule has 24 heavy (non-hydrogen) atoms. The molecule has 2 aromatic carbocycles. The first kappa shape index (κ1) is 15.3. The molecule has 0 saturated carbocycles. The van der Waals surface area contributed by atoms with E-state index in [-0.39, 0.29) is 12.7 Å². The molecule has 0 saturated heterocycles. The highest BCUT2D eigenvalue weighted by atomic mass is 16.6. The summed E-state index contributed by atoms with van der Waals surface area (Å²) in [6.45, 7) is 3.65. The molecule has 0 spiro atoms. The molecule has 0 bridgehead atoms. The van der Waals surface area contributed by atoms with E-state index in [9.17, 15) is 5.11 Å². The standard InChI is InChI=1S/C19H21NO4/c21-12-14-5-6-17-15(9-14)10-20(7-8-22-17)11-16-13-23-18-3-1-2-4-19(18)24-16/h1-6,9,16,21H,7-8,10-13H2. The topological polar surface area (TPSA) is 51.2 Å². The first-order valence-electron chi connectivity index (χ1n) is 8.28. The SMILES string of the molecule is OCc1ccc2c(c1)CN(CC1COc3ccccc3O1)CCO2. The summed E-state index contributed by atoms with van der Waals surface area (Å²) in [6.07, 6.45) is 0.00229. The quantitative estimate of drug-likeness (QED) is 0.937. The van der Waals surface area contributed by atoms with E-state index in [1.165, 1.54) is 0 Å². The second-order valence-corrected chi connectivity index (χ2v) is 6.18. The van der Waals surface area contributed by atoms with Crippen LogP contribution >= 0.6 is 0 Å². The van der Waals surface area contributed by atoms with Crippen molar-refractivity contribution in [3.05, 3.63) is 53.6 Å². The van der Waals surface area contributed by atoms with E-state index in [2.05, 4.69) is 4.90 Å². The molecule has 1 atom stereocenters. The molecule has 0 amide bonds. The molecular formula is C19H21NO4. The summed E-state index contributed by atoms with van der Waals surface area (Å²) in [6, 6.07) is 13.6. The first-order valence-corrected chi connectivity index (χ1v) is 8.28. The van der Waals surface area contributed by atoms with Crippen LogP contribution in [0.1, 0.15) is 11.1 Å². The highest BCUT2D eigenvalue weighted by Crippen LogP contribution is 2.31. The predicted molar refractivity (Wildman–Crippen MR) is 89.5 cm³/mol. The van der Waals surface area contributed by atoms with Crippen LogP contribution in [0.5, 0.6) is 17.2 Å². The van der Waals surface area contributed by atoms with E-state index in [4.69, 9.17) is 14.2 Å². The van der Waals surface area contributed by atoms with Gasteiger partial charge in [-0.3, -0.25) is 4.90 Å². The van der Waals surface area contributed by atoms with Gasteiger partial charge in [-0.2, -0.15) is 0 Å². The van der Waals surface area contributed by atoms with Crippen molar-refractivity contribution in [3.8, 4) is 17.2 Å². The number of rotatable bonds is 3. The van der Waals surface area contributed by atoms with Crippen LogP contribution < -0.4 is 14.2 Å². The minimum atomic E-state index is 0.00229. The van der Waals surface area contributed by atoms with Crippen molar-refractivity contribution in [2.45, 2.75) is 19.3 Å². The van der Waals surface area contributed by atoms with E-state index >= 15 is 0 Å². The third-order valence-electron chi connectivity index (χ3n) is 4.40. The number of hydrogen-bond acceptors (Lipinski definition) is 5. The van der Waals surface area contributed by atoms with Crippen molar-refractivity contribution in [3.63, 3.8) is 0 Å². The maximum atomic E-state index is 9.34. The lowest BCUT2D eigenvalue weighted by molar-refractivity contribution is 0.0550.